The lowest BCUT2D eigenvalue weighted by molar-refractivity contribution is -0.758. The number of rotatable bonds is 10. The fourth-order valence-electron chi connectivity index (χ4n) is 3.11. The van der Waals surface area contributed by atoms with Gasteiger partial charge in [0.15, 0.2) is 0 Å². The maximum absolute atomic E-state index is 8.54. The molecule has 0 aliphatic rings. The molecule has 0 spiro atoms. The number of guanidine groups is 1. The van der Waals surface area contributed by atoms with Crippen LogP contribution in [0.25, 0.3) is 0 Å². The highest BCUT2D eigenvalue weighted by atomic mass is 16.5. The van der Waals surface area contributed by atoms with E-state index in [-0.39, 0.29) is 29.0 Å². The molecule has 25 heavy (non-hydrogen) atoms. The second kappa shape index (κ2) is 9.92. The third kappa shape index (κ3) is 7.16. The first-order valence-corrected chi connectivity index (χ1v) is 9.22. The fraction of sp³-hybridized carbons (Fsp3) is 0.789. The first-order chi connectivity index (χ1) is 11.3. The highest BCUT2D eigenvalue weighted by Gasteiger charge is 2.39. The lowest BCUT2D eigenvalue weighted by Gasteiger charge is -2.38. The summed E-state index contributed by atoms with van der Waals surface area (Å²) < 4.78 is 5.80. The molecule has 6 heteroatoms. The normalized spacial score (nSPS) is 17.7. The molecule has 0 aromatic rings. The number of hydrogen-bond donors (Lipinski definition) is 4. The van der Waals surface area contributed by atoms with Crippen LogP contribution in [0.4, 0.5) is 0 Å². The Balaban J connectivity index is 5.00. The van der Waals surface area contributed by atoms with Crippen LogP contribution < -0.4 is 11.5 Å². The van der Waals surface area contributed by atoms with E-state index < -0.39 is 6.04 Å². The van der Waals surface area contributed by atoms with E-state index in [1.807, 2.05) is 20.9 Å². The van der Waals surface area contributed by atoms with Crippen molar-refractivity contribution in [2.75, 3.05) is 7.05 Å². The topological polar surface area (TPSA) is 109 Å². The van der Waals surface area contributed by atoms with E-state index >= 15 is 0 Å². The standard InChI is InChI=1S/C19H40N5O/c1-12(2)9-14(5)24(8,19(22)23)18(21)11-17(20)16(7)25-15(6)10-13(3)4/h12-15,17,21H,7,9-11,20H2,1-6,8H3,(H3,22,23)/q+1. The Bertz CT molecular complexity index is 474. The van der Waals surface area contributed by atoms with Crippen molar-refractivity contribution in [1.82, 2.24) is 0 Å². The molecule has 6 nitrogen and oxygen atoms in total. The zero-order valence-electron chi connectivity index (χ0n) is 17.2. The minimum absolute atomic E-state index is 0.0132. The Morgan fingerprint density at radius 2 is 1.52 bits per heavy atom. The highest BCUT2D eigenvalue weighted by molar-refractivity contribution is 5.86. The Labute approximate surface area is 154 Å². The lowest BCUT2D eigenvalue weighted by atomic mass is 10.0. The number of quaternary nitrogens is 1. The second-order valence-corrected chi connectivity index (χ2v) is 8.22. The molecule has 0 saturated heterocycles. The van der Waals surface area contributed by atoms with Gasteiger partial charge in [-0.1, -0.05) is 34.3 Å². The molecular formula is C19H40N5O+. The molecule has 146 valence electrons. The Morgan fingerprint density at radius 3 is 1.92 bits per heavy atom. The van der Waals surface area contributed by atoms with Crippen LogP contribution in [0.5, 0.6) is 0 Å². The van der Waals surface area contributed by atoms with Crippen LogP contribution in [0.1, 0.15) is 60.8 Å². The smallest absolute Gasteiger partial charge is 0.298 e. The van der Waals surface area contributed by atoms with Gasteiger partial charge in [0.2, 0.25) is 5.84 Å². The molecule has 0 aliphatic heterocycles. The maximum atomic E-state index is 8.54. The van der Waals surface area contributed by atoms with E-state index in [2.05, 4.69) is 34.3 Å². The molecule has 0 saturated carbocycles. The maximum Gasteiger partial charge on any atom is 0.298 e. The molecule has 0 heterocycles. The molecule has 6 N–H and O–H groups in total. The Kier molecular flexibility index (Phi) is 9.37. The molecule has 0 aliphatic carbocycles. The second-order valence-electron chi connectivity index (χ2n) is 8.22. The van der Waals surface area contributed by atoms with E-state index in [1.165, 1.54) is 0 Å². The SMILES string of the molecule is C=C(OC(C)CC(C)C)C(N)CC(=N)[N+](C)(C(=N)N)C(C)CC(C)C. The summed E-state index contributed by atoms with van der Waals surface area (Å²) >= 11 is 0. The summed E-state index contributed by atoms with van der Waals surface area (Å²) in [6, 6.07) is -0.448. The summed E-state index contributed by atoms with van der Waals surface area (Å²) in [5.41, 5.74) is 12.1. The summed E-state index contributed by atoms with van der Waals surface area (Å²) in [5, 5.41) is 16.6. The molecule has 0 amide bonds. The fourth-order valence-corrected chi connectivity index (χ4v) is 3.11. The van der Waals surface area contributed by atoms with Crippen LogP contribution in [0.2, 0.25) is 0 Å². The van der Waals surface area contributed by atoms with E-state index in [0.717, 1.165) is 12.8 Å². The van der Waals surface area contributed by atoms with Gasteiger partial charge < -0.3 is 16.2 Å². The molecule has 0 radical (unpaired) electrons. The summed E-state index contributed by atoms with van der Waals surface area (Å²) in [6.45, 7) is 16.5. The molecule has 0 fully saturated rings. The largest absolute Gasteiger partial charge is 0.494 e. The van der Waals surface area contributed by atoms with Crippen LogP contribution >= 0.6 is 0 Å². The zero-order chi connectivity index (χ0) is 19.9. The highest BCUT2D eigenvalue weighted by Crippen LogP contribution is 2.22. The van der Waals surface area contributed by atoms with Gasteiger partial charge in [0.05, 0.1) is 31.7 Å². The summed E-state index contributed by atoms with van der Waals surface area (Å²) in [6.07, 6.45) is 2.11. The van der Waals surface area contributed by atoms with Gasteiger partial charge in [0.25, 0.3) is 5.96 Å². The van der Waals surface area contributed by atoms with Crippen LogP contribution in [-0.2, 0) is 4.74 Å². The average molecular weight is 355 g/mol. The van der Waals surface area contributed by atoms with Crippen LogP contribution in [0.15, 0.2) is 12.3 Å². The Morgan fingerprint density at radius 1 is 1.04 bits per heavy atom. The van der Waals surface area contributed by atoms with Gasteiger partial charge in [-0.05, 0) is 32.1 Å². The number of nitrogens with two attached hydrogens (primary N) is 2. The number of amidine groups is 1. The summed E-state index contributed by atoms with van der Waals surface area (Å²) in [5.74, 6) is 1.76. The third-order valence-corrected chi connectivity index (χ3v) is 4.74. The summed E-state index contributed by atoms with van der Waals surface area (Å²) in [4.78, 5) is 0. The molecule has 0 aromatic carbocycles. The minimum Gasteiger partial charge on any atom is -0.494 e. The number of nitrogens with one attached hydrogen (secondary N) is 2. The van der Waals surface area contributed by atoms with E-state index in [4.69, 9.17) is 27.0 Å². The number of hydrogen-bond acceptors (Lipinski definition) is 4. The first-order valence-electron chi connectivity index (χ1n) is 9.22. The monoisotopic (exact) mass is 354 g/mol. The van der Waals surface area contributed by atoms with Gasteiger partial charge >= 0.3 is 0 Å². The van der Waals surface area contributed by atoms with Crippen molar-refractivity contribution < 1.29 is 9.22 Å². The van der Waals surface area contributed by atoms with Crippen molar-refractivity contribution in [2.45, 2.75) is 79.0 Å². The number of nitrogens with zero attached hydrogens (tertiary/aromatic N) is 1. The predicted octanol–water partition coefficient (Wildman–Crippen LogP) is 3.42. The van der Waals surface area contributed by atoms with Crippen LogP contribution in [0, 0.1) is 22.7 Å². The van der Waals surface area contributed by atoms with Crippen molar-refractivity contribution in [3.05, 3.63) is 12.3 Å². The number of ether oxygens (including phenoxy) is 1. The van der Waals surface area contributed by atoms with Crippen LogP contribution in [0.3, 0.4) is 0 Å². The van der Waals surface area contributed by atoms with E-state index in [0.29, 0.717) is 23.4 Å². The molecule has 4 unspecified atom stereocenters. The first kappa shape index (κ1) is 23.6. The van der Waals surface area contributed by atoms with Crippen molar-refractivity contribution >= 4 is 11.8 Å². The van der Waals surface area contributed by atoms with E-state index in [9.17, 15) is 0 Å². The minimum atomic E-state index is -0.481. The van der Waals surface area contributed by atoms with Gasteiger partial charge in [-0.3, -0.25) is 5.41 Å². The van der Waals surface area contributed by atoms with Crippen molar-refractivity contribution in [3.63, 3.8) is 0 Å². The van der Waals surface area contributed by atoms with Crippen molar-refractivity contribution in [2.24, 2.45) is 23.3 Å². The Hall–Kier alpha value is -1.40. The third-order valence-electron chi connectivity index (χ3n) is 4.74. The zero-order valence-corrected chi connectivity index (χ0v) is 17.2. The van der Waals surface area contributed by atoms with Crippen molar-refractivity contribution in [1.29, 1.82) is 10.8 Å². The van der Waals surface area contributed by atoms with Gasteiger partial charge in [-0.25, -0.2) is 9.89 Å². The molecular weight excluding hydrogens is 314 g/mol. The molecule has 0 rings (SSSR count). The van der Waals surface area contributed by atoms with Gasteiger partial charge in [0, 0.05) is 6.42 Å². The molecule has 4 atom stereocenters. The van der Waals surface area contributed by atoms with E-state index in [1.54, 1.807) is 0 Å². The lowest BCUT2D eigenvalue weighted by Crippen LogP contribution is -2.62. The van der Waals surface area contributed by atoms with Crippen LogP contribution in [-0.4, -0.2) is 41.5 Å². The average Bonchev–Trinajstić information content (AvgIpc) is 2.43. The predicted molar refractivity (Wildman–Crippen MR) is 106 cm³/mol. The van der Waals surface area contributed by atoms with Gasteiger partial charge in [0.1, 0.15) is 5.76 Å². The van der Waals surface area contributed by atoms with Gasteiger partial charge in [-0.2, -0.15) is 0 Å². The molecule has 0 bridgehead atoms. The summed E-state index contributed by atoms with van der Waals surface area (Å²) in [7, 11) is 1.81. The molecule has 0 aromatic heterocycles. The van der Waals surface area contributed by atoms with Gasteiger partial charge in [-0.15, -0.1) is 0 Å². The van der Waals surface area contributed by atoms with Crippen molar-refractivity contribution in [3.8, 4) is 0 Å². The quantitative estimate of drug-likeness (QED) is 0.209.